The summed E-state index contributed by atoms with van der Waals surface area (Å²) in [7, 11) is 1.35. The SMILES string of the molecule is COc1cc(/C(N)=C/C(=N)C(=O)N2CC[C@H](C(=O)NCc3nc(N4C[C@@H](C)N[C@@H](C)C4)oc3C(F)(F)F)CC23CC3)c(F)cn1. The fraction of sp³-hybridized carbons (Fsp3) is 0.552. The molecule has 12 nitrogen and oxygen atoms in total. The molecule has 3 atom stereocenters. The number of nitrogens with zero attached hydrogens (tertiary/aromatic N) is 4. The number of anilines is 1. The summed E-state index contributed by atoms with van der Waals surface area (Å²) in [5.74, 6) is -3.49. The fourth-order valence-corrected chi connectivity index (χ4v) is 6.16. The second kappa shape index (κ2) is 12.3. The number of methoxy groups -OCH3 is 1. The molecule has 2 aliphatic heterocycles. The van der Waals surface area contributed by atoms with E-state index in [4.69, 9.17) is 20.3 Å². The minimum Gasteiger partial charge on any atom is -0.481 e. The Labute approximate surface area is 256 Å². The van der Waals surface area contributed by atoms with Gasteiger partial charge >= 0.3 is 6.18 Å². The van der Waals surface area contributed by atoms with E-state index in [1.165, 1.54) is 18.1 Å². The number of halogens is 4. The maximum Gasteiger partial charge on any atom is 0.451 e. The Hall–Kier alpha value is -4.21. The zero-order chi connectivity index (χ0) is 32.7. The molecule has 244 valence electrons. The zero-order valence-electron chi connectivity index (χ0n) is 25.1. The number of carbonyl (C=O) groups is 2. The Balaban J connectivity index is 1.22. The van der Waals surface area contributed by atoms with Gasteiger partial charge in [0.25, 0.3) is 11.9 Å². The number of rotatable bonds is 8. The van der Waals surface area contributed by atoms with Crippen molar-refractivity contribution < 1.29 is 36.3 Å². The van der Waals surface area contributed by atoms with Crippen LogP contribution in [0.3, 0.4) is 0 Å². The number of aromatic nitrogens is 2. The Morgan fingerprint density at radius 1 is 1.29 bits per heavy atom. The summed E-state index contributed by atoms with van der Waals surface area (Å²) >= 11 is 0. The van der Waals surface area contributed by atoms with Crippen LogP contribution in [0.5, 0.6) is 5.88 Å². The van der Waals surface area contributed by atoms with Gasteiger partial charge in [-0.25, -0.2) is 9.37 Å². The number of nitrogens with two attached hydrogens (primary N) is 1. The first-order valence-electron chi connectivity index (χ1n) is 14.6. The molecule has 5 rings (SSSR count). The van der Waals surface area contributed by atoms with Gasteiger partial charge in [0.1, 0.15) is 11.4 Å². The van der Waals surface area contributed by atoms with Crippen LogP contribution in [0, 0.1) is 17.1 Å². The second-order valence-corrected chi connectivity index (χ2v) is 12.0. The number of oxazole rings is 1. The standard InChI is InChI=1S/C29H36F4N8O4/c1-15-13-40(14-16(2)38-15)27-39-22(24(45-27)29(31,32)33)12-37-25(42)17-4-7-41(28(10-17)5-6-28)26(43)21(35)9-20(34)18-8-23(44-3)36-11-19(18)30/h8-9,11,15-17,35,38H,4-7,10,12-14,34H2,1-3H3,(H,37,42)/b20-9-,35-21?/t15-,16+,17-/m0/s1. The minimum atomic E-state index is -4.79. The molecule has 1 aliphatic carbocycles. The van der Waals surface area contributed by atoms with Crippen LogP contribution in [0.2, 0.25) is 0 Å². The first-order valence-corrected chi connectivity index (χ1v) is 14.6. The van der Waals surface area contributed by atoms with Crippen LogP contribution in [0.15, 0.2) is 22.8 Å². The maximum atomic E-state index is 14.3. The molecule has 2 amide bonds. The van der Waals surface area contributed by atoms with Gasteiger partial charge in [-0.3, -0.25) is 15.0 Å². The summed E-state index contributed by atoms with van der Waals surface area (Å²) < 4.78 is 65.9. The fourth-order valence-electron chi connectivity index (χ4n) is 6.16. The highest BCUT2D eigenvalue weighted by Crippen LogP contribution is 2.50. The predicted molar refractivity (Wildman–Crippen MR) is 155 cm³/mol. The van der Waals surface area contributed by atoms with E-state index in [2.05, 4.69) is 20.6 Å². The van der Waals surface area contributed by atoms with Gasteiger partial charge in [0.05, 0.1) is 19.9 Å². The Morgan fingerprint density at radius 2 is 1.98 bits per heavy atom. The first kappa shape index (κ1) is 32.2. The lowest BCUT2D eigenvalue weighted by atomic mass is 9.87. The third-order valence-electron chi connectivity index (χ3n) is 8.43. The van der Waals surface area contributed by atoms with Crippen LogP contribution >= 0.6 is 0 Å². The summed E-state index contributed by atoms with van der Waals surface area (Å²) in [4.78, 5) is 37.4. The van der Waals surface area contributed by atoms with Crippen molar-refractivity contribution in [1.82, 2.24) is 25.5 Å². The Morgan fingerprint density at radius 3 is 2.60 bits per heavy atom. The topological polar surface area (TPSA) is 163 Å². The molecule has 2 saturated heterocycles. The molecule has 0 radical (unpaired) electrons. The largest absolute Gasteiger partial charge is 0.481 e. The average Bonchev–Trinajstić information content (AvgIpc) is 3.58. The van der Waals surface area contributed by atoms with Gasteiger partial charge in [-0.2, -0.15) is 18.2 Å². The van der Waals surface area contributed by atoms with Crippen LogP contribution in [-0.2, 0) is 22.3 Å². The number of piperazine rings is 1. The van der Waals surface area contributed by atoms with Crippen molar-refractivity contribution in [3.63, 3.8) is 0 Å². The molecule has 0 aromatic carbocycles. The molecular weight excluding hydrogens is 600 g/mol. The summed E-state index contributed by atoms with van der Waals surface area (Å²) in [6.45, 7) is 4.36. The molecule has 0 bridgehead atoms. The number of hydrogen-bond donors (Lipinski definition) is 4. The monoisotopic (exact) mass is 636 g/mol. The smallest absolute Gasteiger partial charge is 0.451 e. The van der Waals surface area contributed by atoms with Crippen LogP contribution in [0.1, 0.15) is 56.5 Å². The average molecular weight is 637 g/mol. The number of carbonyl (C=O) groups excluding carboxylic acids is 2. The van der Waals surface area contributed by atoms with E-state index < -0.39 is 59.0 Å². The summed E-state index contributed by atoms with van der Waals surface area (Å²) in [5, 5.41) is 14.2. The molecule has 16 heteroatoms. The number of alkyl halides is 3. The predicted octanol–water partition coefficient (Wildman–Crippen LogP) is 2.83. The number of pyridine rings is 1. The second-order valence-electron chi connectivity index (χ2n) is 12.0. The van der Waals surface area contributed by atoms with E-state index in [1.807, 2.05) is 13.8 Å². The van der Waals surface area contributed by atoms with Crippen molar-refractivity contribution in [3.05, 3.63) is 41.2 Å². The molecule has 3 fully saturated rings. The maximum absolute atomic E-state index is 14.3. The third kappa shape index (κ3) is 6.89. The van der Waals surface area contributed by atoms with E-state index in [0.29, 0.717) is 32.4 Å². The van der Waals surface area contributed by atoms with Crippen molar-refractivity contribution >= 4 is 29.2 Å². The normalized spacial score (nSPS) is 23.2. The lowest BCUT2D eigenvalue weighted by Crippen LogP contribution is -2.54. The molecule has 1 spiro atoms. The summed E-state index contributed by atoms with van der Waals surface area (Å²) in [6, 6.07) is 1.17. The van der Waals surface area contributed by atoms with Gasteiger partial charge in [-0.15, -0.1) is 0 Å². The highest BCUT2D eigenvalue weighted by molar-refractivity contribution is 6.43. The molecular formula is C29H36F4N8O4. The molecule has 45 heavy (non-hydrogen) atoms. The lowest BCUT2D eigenvalue weighted by Gasteiger charge is -2.39. The highest BCUT2D eigenvalue weighted by atomic mass is 19.4. The van der Waals surface area contributed by atoms with E-state index >= 15 is 0 Å². The highest BCUT2D eigenvalue weighted by Gasteiger charge is 2.54. The van der Waals surface area contributed by atoms with Gasteiger partial charge in [-0.05, 0) is 45.6 Å². The van der Waals surface area contributed by atoms with E-state index in [0.717, 1.165) is 12.3 Å². The van der Waals surface area contributed by atoms with Gasteiger partial charge in [0, 0.05) is 60.5 Å². The zero-order valence-corrected chi connectivity index (χ0v) is 25.1. The number of piperidine rings is 1. The number of likely N-dealkylation sites (tertiary alicyclic amines) is 1. The van der Waals surface area contributed by atoms with Gasteiger partial charge in [0.2, 0.25) is 17.5 Å². The van der Waals surface area contributed by atoms with Gasteiger partial charge in [-0.1, -0.05) is 0 Å². The number of amides is 2. The van der Waals surface area contributed by atoms with Crippen LogP contribution in [0.25, 0.3) is 5.70 Å². The first-order chi connectivity index (χ1) is 21.2. The van der Waals surface area contributed by atoms with Crippen molar-refractivity contribution in [3.8, 4) is 5.88 Å². The van der Waals surface area contributed by atoms with Crippen molar-refractivity contribution in [2.75, 3.05) is 31.6 Å². The minimum absolute atomic E-state index is 0.0243. The van der Waals surface area contributed by atoms with Crippen LogP contribution < -0.4 is 26.0 Å². The van der Waals surface area contributed by atoms with Gasteiger partial charge < -0.3 is 35.3 Å². The van der Waals surface area contributed by atoms with E-state index in [-0.39, 0.29) is 48.2 Å². The Kier molecular flexibility index (Phi) is 8.79. The van der Waals surface area contributed by atoms with Crippen molar-refractivity contribution in [2.45, 2.75) is 69.9 Å². The summed E-state index contributed by atoms with van der Waals surface area (Å²) in [5.41, 5.74) is 4.27. The molecule has 3 aliphatic rings. The number of ether oxygens (including phenoxy) is 1. The molecule has 2 aromatic heterocycles. The van der Waals surface area contributed by atoms with Crippen LogP contribution in [-0.4, -0.2) is 76.8 Å². The van der Waals surface area contributed by atoms with Crippen molar-refractivity contribution in [1.29, 1.82) is 5.41 Å². The third-order valence-corrected chi connectivity index (χ3v) is 8.43. The van der Waals surface area contributed by atoms with Gasteiger partial charge in [0.15, 0.2) is 5.82 Å². The molecule has 2 aromatic rings. The summed E-state index contributed by atoms with van der Waals surface area (Å²) in [6.07, 6.45) is -1.04. The Bertz CT molecular complexity index is 1500. The number of nitrogens with one attached hydrogen (secondary N) is 3. The quantitative estimate of drug-likeness (QED) is 0.252. The van der Waals surface area contributed by atoms with E-state index in [1.54, 1.807) is 4.90 Å². The molecule has 5 N–H and O–H groups in total. The van der Waals surface area contributed by atoms with E-state index in [9.17, 15) is 27.2 Å². The molecule has 4 heterocycles. The van der Waals surface area contributed by atoms with Crippen molar-refractivity contribution in [2.24, 2.45) is 11.7 Å². The van der Waals surface area contributed by atoms with Crippen LogP contribution in [0.4, 0.5) is 23.6 Å². The molecule has 1 saturated carbocycles. The lowest BCUT2D eigenvalue weighted by molar-refractivity contribution is -0.153. The number of hydrogen-bond acceptors (Lipinski definition) is 10. The molecule has 0 unspecified atom stereocenters.